The molecule has 0 aromatic rings. The summed E-state index contributed by atoms with van der Waals surface area (Å²) in [6.45, 7) is 2.28. The van der Waals surface area contributed by atoms with Gasteiger partial charge in [0.1, 0.15) is 0 Å². The van der Waals surface area contributed by atoms with Crippen LogP contribution in [0.5, 0.6) is 0 Å². The molecule has 0 aromatic carbocycles. The van der Waals surface area contributed by atoms with Crippen molar-refractivity contribution in [3.8, 4) is 0 Å². The SMILES string of the molecule is CCCCCCCCCCCCCCCCCCCCCC(=O)OO.[Al+3].[Mg+2]. The van der Waals surface area contributed by atoms with E-state index in [1.807, 2.05) is 0 Å². The smallest absolute Gasteiger partial charge is 0.301 e. The topological polar surface area (TPSA) is 46.5 Å². The molecular weight excluding hydrogens is 364 g/mol. The van der Waals surface area contributed by atoms with Gasteiger partial charge in [0.25, 0.3) is 0 Å². The second kappa shape index (κ2) is 28.9. The number of unbranched alkanes of at least 4 members (excludes halogenated alkanes) is 18. The van der Waals surface area contributed by atoms with Gasteiger partial charge in [-0.05, 0) is 6.42 Å². The van der Waals surface area contributed by atoms with E-state index in [0.29, 0.717) is 6.42 Å². The van der Waals surface area contributed by atoms with Gasteiger partial charge >= 0.3 is 46.4 Å². The fraction of sp³-hybridized carbons (Fsp3) is 0.955. The summed E-state index contributed by atoms with van der Waals surface area (Å²) in [6, 6.07) is 0. The predicted molar refractivity (Wildman–Crippen MR) is 118 cm³/mol. The average molecular weight is 408 g/mol. The molecule has 150 valence electrons. The van der Waals surface area contributed by atoms with Gasteiger partial charge in [0.15, 0.2) is 0 Å². The van der Waals surface area contributed by atoms with E-state index in [9.17, 15) is 4.79 Å². The second-order valence-electron chi connectivity index (χ2n) is 7.58. The number of carbonyl (C=O) groups excluding carboxylic acids is 1. The van der Waals surface area contributed by atoms with Crippen molar-refractivity contribution in [1.82, 2.24) is 0 Å². The van der Waals surface area contributed by atoms with Crippen LogP contribution in [0.15, 0.2) is 0 Å². The molecular formula is C22H44AlMgO3+5. The summed E-state index contributed by atoms with van der Waals surface area (Å²) in [5.41, 5.74) is 0. The molecule has 0 unspecified atom stereocenters. The van der Waals surface area contributed by atoms with Crippen molar-refractivity contribution in [3.63, 3.8) is 0 Å². The van der Waals surface area contributed by atoms with E-state index in [2.05, 4.69) is 11.8 Å². The summed E-state index contributed by atoms with van der Waals surface area (Å²) in [7, 11) is 0. The Morgan fingerprint density at radius 3 is 1.11 bits per heavy atom. The molecule has 5 heteroatoms. The summed E-state index contributed by atoms with van der Waals surface area (Å²) >= 11 is 0. The number of rotatable bonds is 20. The zero-order valence-electron chi connectivity index (χ0n) is 18.2. The van der Waals surface area contributed by atoms with E-state index in [4.69, 9.17) is 5.26 Å². The molecule has 0 aliphatic rings. The first-order valence-electron chi connectivity index (χ1n) is 11.2. The van der Waals surface area contributed by atoms with Gasteiger partial charge in [-0.3, -0.25) is 0 Å². The third-order valence-corrected chi connectivity index (χ3v) is 5.09. The van der Waals surface area contributed by atoms with Gasteiger partial charge in [-0.1, -0.05) is 122 Å². The van der Waals surface area contributed by atoms with Crippen LogP contribution in [-0.2, 0) is 9.68 Å². The molecule has 0 aliphatic carbocycles. The Labute approximate surface area is 196 Å². The molecule has 0 radical (unpaired) electrons. The number of carbonyl (C=O) groups is 1. The Morgan fingerprint density at radius 2 is 0.852 bits per heavy atom. The molecule has 0 aromatic heterocycles. The van der Waals surface area contributed by atoms with Crippen molar-refractivity contribution in [2.24, 2.45) is 0 Å². The van der Waals surface area contributed by atoms with E-state index in [-0.39, 0.29) is 40.4 Å². The molecule has 0 saturated heterocycles. The standard InChI is InChI=1S/C22H44O3.Al.Mg/c1-2-3-4-5-6-7-8-9-10-11-12-13-14-15-16-17-18-19-20-21-22(23)25-24;;/h24H,2-21H2,1H3;;/q;+3;+2. The van der Waals surface area contributed by atoms with E-state index in [1.165, 1.54) is 109 Å². The summed E-state index contributed by atoms with van der Waals surface area (Å²) in [5.74, 6) is -0.507. The first-order valence-corrected chi connectivity index (χ1v) is 11.2. The maximum atomic E-state index is 10.7. The van der Waals surface area contributed by atoms with Crippen molar-refractivity contribution < 1.29 is 14.9 Å². The molecule has 0 spiro atoms. The average Bonchev–Trinajstić information content (AvgIpc) is 2.63. The quantitative estimate of drug-likeness (QED) is 0.102. The van der Waals surface area contributed by atoms with Crippen molar-refractivity contribution in [2.75, 3.05) is 0 Å². The summed E-state index contributed by atoms with van der Waals surface area (Å²) in [6.07, 6.45) is 25.9. The molecule has 27 heavy (non-hydrogen) atoms. The van der Waals surface area contributed by atoms with Crippen LogP contribution in [0, 0.1) is 0 Å². The van der Waals surface area contributed by atoms with Crippen LogP contribution in [0.2, 0.25) is 0 Å². The van der Waals surface area contributed by atoms with E-state index >= 15 is 0 Å². The third kappa shape index (κ3) is 29.0. The molecule has 0 bridgehead atoms. The zero-order chi connectivity index (χ0) is 18.4. The van der Waals surface area contributed by atoms with Crippen molar-refractivity contribution in [1.29, 1.82) is 0 Å². The van der Waals surface area contributed by atoms with Gasteiger partial charge in [-0.25, -0.2) is 4.79 Å². The minimum absolute atomic E-state index is 0. The van der Waals surface area contributed by atoms with Crippen LogP contribution < -0.4 is 0 Å². The fourth-order valence-corrected chi connectivity index (χ4v) is 3.39. The Hall–Kier alpha value is 0.729. The number of hydrogen-bond donors (Lipinski definition) is 1. The van der Waals surface area contributed by atoms with Crippen molar-refractivity contribution >= 4 is 46.4 Å². The van der Waals surface area contributed by atoms with Crippen molar-refractivity contribution in [3.05, 3.63) is 0 Å². The maximum Gasteiger partial charge on any atom is 3.00 e. The fourth-order valence-electron chi connectivity index (χ4n) is 3.39. The molecule has 0 saturated carbocycles. The summed E-state index contributed by atoms with van der Waals surface area (Å²) < 4.78 is 0. The molecule has 0 rings (SSSR count). The van der Waals surface area contributed by atoms with E-state index in [1.54, 1.807) is 0 Å². The molecule has 0 atom stereocenters. The van der Waals surface area contributed by atoms with Gasteiger partial charge in [-0.2, -0.15) is 5.26 Å². The van der Waals surface area contributed by atoms with Gasteiger partial charge in [0.2, 0.25) is 0 Å². The normalized spacial score (nSPS) is 10.1. The van der Waals surface area contributed by atoms with E-state index in [0.717, 1.165) is 12.8 Å². The van der Waals surface area contributed by atoms with Crippen molar-refractivity contribution in [2.45, 2.75) is 135 Å². The molecule has 3 nitrogen and oxygen atoms in total. The Balaban J connectivity index is -0.00000288. The molecule has 1 N–H and O–H groups in total. The van der Waals surface area contributed by atoms with Crippen LogP contribution in [0.4, 0.5) is 0 Å². The maximum absolute atomic E-state index is 10.7. The largest absolute Gasteiger partial charge is 3.00 e. The number of hydrogen-bond acceptors (Lipinski definition) is 3. The van der Waals surface area contributed by atoms with Crippen LogP contribution in [-0.4, -0.2) is 51.6 Å². The van der Waals surface area contributed by atoms with E-state index < -0.39 is 5.97 Å². The van der Waals surface area contributed by atoms with Gasteiger partial charge in [0.05, 0.1) is 0 Å². The van der Waals surface area contributed by atoms with Gasteiger partial charge in [0, 0.05) is 6.42 Å². The van der Waals surface area contributed by atoms with Crippen LogP contribution in [0.1, 0.15) is 135 Å². The summed E-state index contributed by atoms with van der Waals surface area (Å²) in [5, 5.41) is 8.14. The monoisotopic (exact) mass is 407 g/mol. The minimum atomic E-state index is -0.507. The Kier molecular flexibility index (Phi) is 34.7. The minimum Gasteiger partial charge on any atom is -0.301 e. The Bertz CT molecular complexity index is 278. The first-order chi connectivity index (χ1) is 12.3. The molecule has 0 amide bonds. The third-order valence-electron chi connectivity index (χ3n) is 5.09. The van der Waals surface area contributed by atoms with Gasteiger partial charge in [-0.15, -0.1) is 0 Å². The zero-order valence-corrected chi connectivity index (χ0v) is 20.8. The van der Waals surface area contributed by atoms with Gasteiger partial charge < -0.3 is 4.89 Å². The predicted octanol–water partition coefficient (Wildman–Crippen LogP) is 7.06. The molecule has 0 aliphatic heterocycles. The Morgan fingerprint density at radius 1 is 0.593 bits per heavy atom. The molecule has 0 heterocycles. The molecule has 0 fully saturated rings. The first kappa shape index (κ1) is 32.4. The van der Waals surface area contributed by atoms with Crippen LogP contribution in [0.3, 0.4) is 0 Å². The van der Waals surface area contributed by atoms with Crippen LogP contribution >= 0.6 is 0 Å². The summed E-state index contributed by atoms with van der Waals surface area (Å²) in [4.78, 5) is 14.4. The second-order valence-corrected chi connectivity index (χ2v) is 7.58. The van der Waals surface area contributed by atoms with Crippen LogP contribution in [0.25, 0.3) is 0 Å².